The SMILES string of the molecule is O=C(O)/C=C1\CCCc2sccc21. The number of aliphatic carboxylic acids is 1. The van der Waals surface area contributed by atoms with E-state index in [2.05, 4.69) is 0 Å². The summed E-state index contributed by atoms with van der Waals surface area (Å²) >= 11 is 1.72. The van der Waals surface area contributed by atoms with E-state index in [4.69, 9.17) is 5.11 Å². The number of aryl methyl sites for hydroxylation is 1. The van der Waals surface area contributed by atoms with E-state index < -0.39 is 5.97 Å². The molecule has 0 saturated heterocycles. The Bertz CT molecular complexity index is 363. The van der Waals surface area contributed by atoms with Crippen LogP contribution in [0, 0.1) is 0 Å². The average molecular weight is 194 g/mol. The van der Waals surface area contributed by atoms with Gasteiger partial charge in [0.2, 0.25) is 0 Å². The molecule has 0 fully saturated rings. The molecule has 0 radical (unpaired) electrons. The standard InChI is InChI=1S/C10H10O2S/c11-10(12)6-7-2-1-3-9-8(7)4-5-13-9/h4-6H,1-3H2,(H,11,12)/b7-6+. The van der Waals surface area contributed by atoms with Gasteiger partial charge in [-0.2, -0.15) is 0 Å². The molecule has 0 aromatic carbocycles. The van der Waals surface area contributed by atoms with Gasteiger partial charge in [0.1, 0.15) is 0 Å². The molecule has 0 aliphatic heterocycles. The number of hydrogen-bond donors (Lipinski definition) is 1. The van der Waals surface area contributed by atoms with Crippen molar-refractivity contribution in [3.05, 3.63) is 28.0 Å². The third-order valence-electron chi connectivity index (χ3n) is 2.24. The molecule has 13 heavy (non-hydrogen) atoms. The summed E-state index contributed by atoms with van der Waals surface area (Å²) in [7, 11) is 0. The number of allylic oxidation sites excluding steroid dienone is 1. The van der Waals surface area contributed by atoms with Crippen molar-refractivity contribution in [2.75, 3.05) is 0 Å². The Kier molecular flexibility index (Phi) is 2.19. The fourth-order valence-electron chi connectivity index (χ4n) is 1.69. The summed E-state index contributed by atoms with van der Waals surface area (Å²) in [6, 6.07) is 2.02. The van der Waals surface area contributed by atoms with Crippen molar-refractivity contribution in [3.8, 4) is 0 Å². The van der Waals surface area contributed by atoms with Gasteiger partial charge in [0, 0.05) is 11.0 Å². The normalized spacial score (nSPS) is 18.6. The second-order valence-corrected chi connectivity index (χ2v) is 4.12. The molecule has 0 saturated carbocycles. The highest BCUT2D eigenvalue weighted by molar-refractivity contribution is 7.10. The molecule has 0 unspecified atom stereocenters. The second kappa shape index (κ2) is 3.34. The van der Waals surface area contributed by atoms with Gasteiger partial charge in [0.05, 0.1) is 0 Å². The van der Waals surface area contributed by atoms with E-state index in [0.717, 1.165) is 30.4 Å². The Morgan fingerprint density at radius 3 is 3.15 bits per heavy atom. The van der Waals surface area contributed by atoms with Gasteiger partial charge >= 0.3 is 5.97 Å². The Morgan fingerprint density at radius 2 is 2.38 bits per heavy atom. The van der Waals surface area contributed by atoms with Crippen molar-refractivity contribution in [1.29, 1.82) is 0 Å². The molecule has 2 nitrogen and oxygen atoms in total. The highest BCUT2D eigenvalue weighted by atomic mass is 32.1. The van der Waals surface area contributed by atoms with Crippen molar-refractivity contribution in [2.24, 2.45) is 0 Å². The number of carbonyl (C=O) groups is 1. The minimum absolute atomic E-state index is 0.839. The molecule has 0 amide bonds. The predicted molar refractivity (Wildman–Crippen MR) is 52.9 cm³/mol. The Labute approximate surface area is 80.5 Å². The zero-order valence-corrected chi connectivity index (χ0v) is 7.93. The van der Waals surface area contributed by atoms with Gasteiger partial charge in [-0.3, -0.25) is 0 Å². The van der Waals surface area contributed by atoms with Crippen LogP contribution in [0.1, 0.15) is 23.3 Å². The lowest BCUT2D eigenvalue weighted by molar-refractivity contribution is -0.131. The highest BCUT2D eigenvalue weighted by Gasteiger charge is 2.15. The monoisotopic (exact) mass is 194 g/mol. The van der Waals surface area contributed by atoms with E-state index >= 15 is 0 Å². The van der Waals surface area contributed by atoms with E-state index in [-0.39, 0.29) is 0 Å². The summed E-state index contributed by atoms with van der Waals surface area (Å²) in [4.78, 5) is 11.9. The minimum atomic E-state index is -0.839. The summed E-state index contributed by atoms with van der Waals surface area (Å²) < 4.78 is 0. The summed E-state index contributed by atoms with van der Waals surface area (Å²) in [6.45, 7) is 0. The topological polar surface area (TPSA) is 37.3 Å². The molecule has 0 atom stereocenters. The molecule has 1 heterocycles. The molecule has 2 rings (SSSR count). The van der Waals surface area contributed by atoms with Crippen molar-refractivity contribution in [3.63, 3.8) is 0 Å². The van der Waals surface area contributed by atoms with Crippen LogP contribution in [0.3, 0.4) is 0 Å². The third-order valence-corrected chi connectivity index (χ3v) is 3.22. The zero-order chi connectivity index (χ0) is 9.26. The van der Waals surface area contributed by atoms with Gasteiger partial charge in [-0.1, -0.05) is 0 Å². The van der Waals surface area contributed by atoms with Crippen molar-refractivity contribution in [1.82, 2.24) is 0 Å². The lowest BCUT2D eigenvalue weighted by Crippen LogP contribution is -2.00. The van der Waals surface area contributed by atoms with E-state index in [1.165, 1.54) is 11.0 Å². The second-order valence-electron chi connectivity index (χ2n) is 3.12. The van der Waals surface area contributed by atoms with Crippen LogP contribution < -0.4 is 0 Å². The van der Waals surface area contributed by atoms with Crippen molar-refractivity contribution in [2.45, 2.75) is 19.3 Å². The predicted octanol–water partition coefficient (Wildman–Crippen LogP) is 2.55. The molecule has 1 aromatic heterocycles. The van der Waals surface area contributed by atoms with Crippen LogP contribution in [-0.4, -0.2) is 11.1 Å². The van der Waals surface area contributed by atoms with Gasteiger partial charge in [-0.25, -0.2) is 4.79 Å². The number of rotatable bonds is 1. The van der Waals surface area contributed by atoms with E-state index in [1.807, 2.05) is 11.4 Å². The summed E-state index contributed by atoms with van der Waals surface area (Å²) in [5.41, 5.74) is 2.13. The Balaban J connectivity index is 2.40. The molecule has 3 heteroatoms. The molecule has 1 aliphatic rings. The molecular weight excluding hydrogens is 184 g/mol. The first-order chi connectivity index (χ1) is 6.27. The first-order valence-corrected chi connectivity index (χ1v) is 5.15. The quantitative estimate of drug-likeness (QED) is 0.697. The third kappa shape index (κ3) is 1.65. The van der Waals surface area contributed by atoms with E-state index in [1.54, 1.807) is 11.3 Å². The smallest absolute Gasteiger partial charge is 0.328 e. The molecule has 0 bridgehead atoms. The van der Waals surface area contributed by atoms with Crippen LogP contribution >= 0.6 is 11.3 Å². The maximum absolute atomic E-state index is 10.5. The fraction of sp³-hybridized carbons (Fsp3) is 0.300. The first kappa shape index (κ1) is 8.51. The molecule has 1 aliphatic carbocycles. The fourth-order valence-corrected chi connectivity index (χ4v) is 2.65. The van der Waals surface area contributed by atoms with Crippen LogP contribution in [0.25, 0.3) is 5.57 Å². The minimum Gasteiger partial charge on any atom is -0.478 e. The summed E-state index contributed by atoms with van der Waals surface area (Å²) in [6.07, 6.45) is 4.41. The first-order valence-electron chi connectivity index (χ1n) is 4.27. The van der Waals surface area contributed by atoms with E-state index in [9.17, 15) is 4.79 Å². The van der Waals surface area contributed by atoms with Crippen LogP contribution in [0.15, 0.2) is 17.5 Å². The molecule has 68 valence electrons. The lowest BCUT2D eigenvalue weighted by Gasteiger charge is -2.13. The van der Waals surface area contributed by atoms with Crippen LogP contribution in [-0.2, 0) is 11.2 Å². The molecule has 1 N–H and O–H groups in total. The average Bonchev–Trinajstić information content (AvgIpc) is 2.51. The van der Waals surface area contributed by atoms with Crippen LogP contribution in [0.2, 0.25) is 0 Å². The number of fused-ring (bicyclic) bond motifs is 1. The van der Waals surface area contributed by atoms with Gasteiger partial charge < -0.3 is 5.11 Å². The maximum Gasteiger partial charge on any atom is 0.328 e. The lowest BCUT2D eigenvalue weighted by atomic mass is 9.93. The Morgan fingerprint density at radius 1 is 1.54 bits per heavy atom. The van der Waals surface area contributed by atoms with Crippen molar-refractivity contribution >= 4 is 22.9 Å². The van der Waals surface area contributed by atoms with Gasteiger partial charge in [-0.15, -0.1) is 11.3 Å². The zero-order valence-electron chi connectivity index (χ0n) is 7.12. The Hall–Kier alpha value is -1.09. The van der Waals surface area contributed by atoms with Crippen LogP contribution in [0.4, 0.5) is 0 Å². The largest absolute Gasteiger partial charge is 0.478 e. The number of hydrogen-bond acceptors (Lipinski definition) is 2. The highest BCUT2D eigenvalue weighted by Crippen LogP contribution is 2.33. The van der Waals surface area contributed by atoms with Gasteiger partial charge in [0.15, 0.2) is 0 Å². The summed E-state index contributed by atoms with van der Waals surface area (Å²) in [5, 5.41) is 10.7. The number of thiophene rings is 1. The van der Waals surface area contributed by atoms with Gasteiger partial charge in [-0.05, 0) is 41.8 Å². The number of carboxylic acid groups (broad SMARTS) is 1. The van der Waals surface area contributed by atoms with Gasteiger partial charge in [0.25, 0.3) is 0 Å². The van der Waals surface area contributed by atoms with Crippen LogP contribution in [0.5, 0.6) is 0 Å². The molecular formula is C10H10O2S. The summed E-state index contributed by atoms with van der Waals surface area (Å²) in [5.74, 6) is -0.839. The van der Waals surface area contributed by atoms with E-state index in [0.29, 0.717) is 0 Å². The maximum atomic E-state index is 10.5. The van der Waals surface area contributed by atoms with Crippen molar-refractivity contribution < 1.29 is 9.90 Å². The number of carboxylic acids is 1. The molecule has 0 spiro atoms. The molecule has 1 aromatic rings.